The molecule has 0 bridgehead atoms. The van der Waals surface area contributed by atoms with Crippen molar-refractivity contribution in [1.82, 2.24) is 0 Å². The predicted octanol–water partition coefficient (Wildman–Crippen LogP) is 3.17. The van der Waals surface area contributed by atoms with E-state index in [1.54, 1.807) is 0 Å². The summed E-state index contributed by atoms with van der Waals surface area (Å²) in [6.45, 7) is 5.90. The van der Waals surface area contributed by atoms with Crippen LogP contribution >= 0.6 is 0 Å². The van der Waals surface area contributed by atoms with Crippen LogP contribution in [0.25, 0.3) is 0 Å². The van der Waals surface area contributed by atoms with Gasteiger partial charge in [-0.3, -0.25) is 4.79 Å². The predicted molar refractivity (Wildman–Crippen MR) is 74.0 cm³/mol. The van der Waals surface area contributed by atoms with Gasteiger partial charge in [0.2, 0.25) is 0 Å². The molecule has 100 valence electrons. The summed E-state index contributed by atoms with van der Waals surface area (Å²) >= 11 is 0. The van der Waals surface area contributed by atoms with Crippen molar-refractivity contribution in [2.45, 2.75) is 52.2 Å². The van der Waals surface area contributed by atoms with E-state index in [0.717, 1.165) is 24.2 Å². The van der Waals surface area contributed by atoms with Gasteiger partial charge in [0, 0.05) is 18.0 Å². The first-order valence-electron chi connectivity index (χ1n) is 6.54. The van der Waals surface area contributed by atoms with Gasteiger partial charge in [-0.1, -0.05) is 12.1 Å². The van der Waals surface area contributed by atoms with E-state index in [9.17, 15) is 4.79 Å². The number of nitrogens with two attached hydrogens (primary N) is 1. The quantitative estimate of drug-likeness (QED) is 0.755. The van der Waals surface area contributed by atoms with E-state index in [0.29, 0.717) is 6.42 Å². The number of hydrogen-bond donors (Lipinski definition) is 1. The molecule has 0 saturated carbocycles. The van der Waals surface area contributed by atoms with Crippen LogP contribution in [0.1, 0.15) is 50.4 Å². The highest BCUT2D eigenvalue weighted by Gasteiger charge is 2.08. The largest absolute Gasteiger partial charge is 0.491 e. The zero-order valence-corrected chi connectivity index (χ0v) is 11.5. The molecule has 0 radical (unpaired) electrons. The van der Waals surface area contributed by atoms with Gasteiger partial charge in [0.25, 0.3) is 0 Å². The number of ketones is 1. The highest BCUT2D eigenvalue weighted by Crippen LogP contribution is 2.17. The van der Waals surface area contributed by atoms with Gasteiger partial charge in [-0.2, -0.15) is 0 Å². The number of hydrogen-bond acceptors (Lipinski definition) is 3. The first kappa shape index (κ1) is 14.7. The normalized spacial score (nSPS) is 12.5. The Morgan fingerprint density at radius 2 is 2.06 bits per heavy atom. The maximum absolute atomic E-state index is 12.0. The topological polar surface area (TPSA) is 52.3 Å². The molecule has 0 amide bonds. The summed E-state index contributed by atoms with van der Waals surface area (Å²) in [6.07, 6.45) is 2.39. The lowest BCUT2D eigenvalue weighted by molar-refractivity contribution is 0.0978. The van der Waals surface area contributed by atoms with Crippen molar-refractivity contribution in [3.05, 3.63) is 29.8 Å². The Hall–Kier alpha value is -1.35. The number of ether oxygens (including phenoxy) is 1. The van der Waals surface area contributed by atoms with Crippen LogP contribution in [0.2, 0.25) is 0 Å². The number of benzene rings is 1. The SMILES string of the molecule is CC(N)CCCC(=O)c1cccc(OC(C)C)c1. The third-order valence-electron chi connectivity index (χ3n) is 2.59. The zero-order chi connectivity index (χ0) is 13.5. The lowest BCUT2D eigenvalue weighted by Crippen LogP contribution is -2.14. The van der Waals surface area contributed by atoms with Crippen LogP contribution in [0.3, 0.4) is 0 Å². The molecule has 0 fully saturated rings. The van der Waals surface area contributed by atoms with Gasteiger partial charge in [0.1, 0.15) is 5.75 Å². The van der Waals surface area contributed by atoms with Crippen molar-refractivity contribution in [2.24, 2.45) is 5.73 Å². The minimum atomic E-state index is 0.119. The lowest BCUT2D eigenvalue weighted by atomic mass is 10.0. The van der Waals surface area contributed by atoms with Gasteiger partial charge in [-0.15, -0.1) is 0 Å². The molecule has 1 unspecified atom stereocenters. The van der Waals surface area contributed by atoms with Crippen LogP contribution in [-0.4, -0.2) is 17.9 Å². The van der Waals surface area contributed by atoms with Crippen molar-refractivity contribution >= 4 is 5.78 Å². The molecule has 0 aliphatic carbocycles. The van der Waals surface area contributed by atoms with E-state index in [1.807, 2.05) is 45.0 Å². The number of Topliss-reactive ketones (excluding diaryl/α,β-unsaturated/α-hetero) is 1. The van der Waals surface area contributed by atoms with Gasteiger partial charge in [0.15, 0.2) is 5.78 Å². The van der Waals surface area contributed by atoms with E-state index < -0.39 is 0 Å². The third kappa shape index (κ3) is 5.32. The molecule has 2 N–H and O–H groups in total. The Bertz CT molecular complexity index is 386. The molecule has 0 aliphatic rings. The fourth-order valence-corrected chi connectivity index (χ4v) is 1.74. The van der Waals surface area contributed by atoms with Gasteiger partial charge in [-0.25, -0.2) is 0 Å². The average Bonchev–Trinajstić information content (AvgIpc) is 2.27. The molecule has 18 heavy (non-hydrogen) atoms. The van der Waals surface area contributed by atoms with E-state index in [2.05, 4.69) is 0 Å². The lowest BCUT2D eigenvalue weighted by Gasteiger charge is -2.10. The standard InChI is InChI=1S/C15H23NO2/c1-11(2)18-14-8-5-7-13(10-14)15(17)9-4-6-12(3)16/h5,7-8,10-12H,4,6,9,16H2,1-3H3. The van der Waals surface area contributed by atoms with Crippen LogP contribution in [0.15, 0.2) is 24.3 Å². The van der Waals surface area contributed by atoms with Gasteiger partial charge < -0.3 is 10.5 Å². The van der Waals surface area contributed by atoms with E-state index in [-0.39, 0.29) is 17.9 Å². The maximum Gasteiger partial charge on any atom is 0.163 e. The van der Waals surface area contributed by atoms with Gasteiger partial charge in [0.05, 0.1) is 6.10 Å². The van der Waals surface area contributed by atoms with E-state index in [4.69, 9.17) is 10.5 Å². The fraction of sp³-hybridized carbons (Fsp3) is 0.533. The molecule has 0 aromatic heterocycles. The molecule has 0 saturated heterocycles. The second kappa shape index (κ2) is 7.17. The van der Waals surface area contributed by atoms with Crippen LogP contribution in [0.4, 0.5) is 0 Å². The number of rotatable bonds is 7. The van der Waals surface area contributed by atoms with Crippen molar-refractivity contribution < 1.29 is 9.53 Å². The van der Waals surface area contributed by atoms with Crippen LogP contribution in [0.5, 0.6) is 5.75 Å². The third-order valence-corrected chi connectivity index (χ3v) is 2.59. The van der Waals surface area contributed by atoms with E-state index in [1.165, 1.54) is 0 Å². The molecule has 1 atom stereocenters. The average molecular weight is 249 g/mol. The van der Waals surface area contributed by atoms with Crippen molar-refractivity contribution in [2.75, 3.05) is 0 Å². The van der Waals surface area contributed by atoms with Crippen LogP contribution in [-0.2, 0) is 0 Å². The molecule has 1 aromatic rings. The summed E-state index contributed by atoms with van der Waals surface area (Å²) in [5.41, 5.74) is 6.39. The first-order valence-corrected chi connectivity index (χ1v) is 6.54. The number of carbonyl (C=O) groups excluding carboxylic acids is 1. The van der Waals surface area contributed by atoms with E-state index >= 15 is 0 Å². The van der Waals surface area contributed by atoms with Crippen LogP contribution < -0.4 is 10.5 Å². The zero-order valence-electron chi connectivity index (χ0n) is 11.5. The van der Waals surface area contributed by atoms with Crippen LogP contribution in [0, 0.1) is 0 Å². The Balaban J connectivity index is 2.57. The smallest absolute Gasteiger partial charge is 0.163 e. The van der Waals surface area contributed by atoms with Crippen molar-refractivity contribution in [1.29, 1.82) is 0 Å². The second-order valence-corrected chi connectivity index (χ2v) is 4.99. The van der Waals surface area contributed by atoms with Gasteiger partial charge >= 0.3 is 0 Å². The molecule has 1 rings (SSSR count). The highest BCUT2D eigenvalue weighted by atomic mass is 16.5. The summed E-state index contributed by atoms with van der Waals surface area (Å²) in [7, 11) is 0. The Morgan fingerprint density at radius 3 is 2.67 bits per heavy atom. The molecular formula is C15H23NO2. The van der Waals surface area contributed by atoms with Crippen molar-refractivity contribution in [3.63, 3.8) is 0 Å². The minimum Gasteiger partial charge on any atom is -0.491 e. The first-order chi connectivity index (χ1) is 8.49. The minimum absolute atomic E-state index is 0.119. The molecule has 1 aromatic carbocycles. The summed E-state index contributed by atoms with van der Waals surface area (Å²) < 4.78 is 5.58. The summed E-state index contributed by atoms with van der Waals surface area (Å²) in [5, 5.41) is 0. The Labute approximate surface area is 109 Å². The highest BCUT2D eigenvalue weighted by molar-refractivity contribution is 5.96. The molecule has 3 nitrogen and oxygen atoms in total. The molecular weight excluding hydrogens is 226 g/mol. The Kier molecular flexibility index (Phi) is 5.86. The second-order valence-electron chi connectivity index (χ2n) is 4.99. The molecule has 0 spiro atoms. The Morgan fingerprint density at radius 1 is 1.33 bits per heavy atom. The monoisotopic (exact) mass is 249 g/mol. The summed E-state index contributed by atoms with van der Waals surface area (Å²) in [4.78, 5) is 12.0. The van der Waals surface area contributed by atoms with Gasteiger partial charge in [-0.05, 0) is 45.7 Å². The fourth-order valence-electron chi connectivity index (χ4n) is 1.74. The molecule has 0 aliphatic heterocycles. The number of carbonyl (C=O) groups is 1. The summed E-state index contributed by atoms with van der Waals surface area (Å²) in [5.74, 6) is 0.910. The maximum atomic E-state index is 12.0. The molecule has 3 heteroatoms. The van der Waals surface area contributed by atoms with Crippen molar-refractivity contribution in [3.8, 4) is 5.75 Å². The summed E-state index contributed by atoms with van der Waals surface area (Å²) in [6, 6.07) is 7.54. The molecule has 0 heterocycles.